The number of nitrogens with zero attached hydrogens (tertiary/aromatic N) is 3. The summed E-state index contributed by atoms with van der Waals surface area (Å²) in [6.07, 6.45) is 1.75. The Kier molecular flexibility index (Phi) is 4.76. The lowest BCUT2D eigenvalue weighted by Crippen LogP contribution is -2.45. The molecule has 1 saturated heterocycles. The van der Waals surface area contributed by atoms with E-state index in [9.17, 15) is 0 Å². The number of hydrogen-bond donors (Lipinski definition) is 0. The number of aromatic nitrogens is 1. The molecule has 0 radical (unpaired) electrons. The Balaban J connectivity index is 1.71. The van der Waals surface area contributed by atoms with Gasteiger partial charge in [-0.2, -0.15) is 0 Å². The number of pyridine rings is 1. The van der Waals surface area contributed by atoms with Crippen LogP contribution in [-0.2, 0) is 0 Å². The molecule has 0 bridgehead atoms. The van der Waals surface area contributed by atoms with Crippen LogP contribution in [0.15, 0.2) is 22.9 Å². The highest BCUT2D eigenvalue weighted by Crippen LogP contribution is 2.20. The largest absolute Gasteiger partial charge is 0.489 e. The van der Waals surface area contributed by atoms with Gasteiger partial charge < -0.3 is 9.64 Å². The van der Waals surface area contributed by atoms with Gasteiger partial charge in [0.15, 0.2) is 5.75 Å². The van der Waals surface area contributed by atoms with Crippen molar-refractivity contribution in [1.82, 2.24) is 14.8 Å². The summed E-state index contributed by atoms with van der Waals surface area (Å²) >= 11 is 3.37. The second-order valence-corrected chi connectivity index (χ2v) is 5.04. The van der Waals surface area contributed by atoms with Gasteiger partial charge in [0.25, 0.3) is 0 Å². The molecule has 1 aromatic heterocycles. The number of ether oxygens (including phenoxy) is 1. The standard InChI is InChI=1S/C12H18BrN3O/c1-15-5-7-16(8-6-15)9-10-17-11-3-2-4-14-12(11)13/h2-4H,5-10H2,1H3. The van der Waals surface area contributed by atoms with E-state index in [-0.39, 0.29) is 0 Å². The third-order valence-corrected chi connectivity index (χ3v) is 3.58. The lowest BCUT2D eigenvalue weighted by Gasteiger charge is -2.32. The molecule has 0 aliphatic carbocycles. The van der Waals surface area contributed by atoms with Gasteiger partial charge in [0.1, 0.15) is 11.2 Å². The topological polar surface area (TPSA) is 28.6 Å². The van der Waals surface area contributed by atoms with Gasteiger partial charge in [0, 0.05) is 38.9 Å². The van der Waals surface area contributed by atoms with Crippen LogP contribution in [0.5, 0.6) is 5.75 Å². The second-order valence-electron chi connectivity index (χ2n) is 4.29. The average Bonchev–Trinajstić information content (AvgIpc) is 2.34. The first-order valence-electron chi connectivity index (χ1n) is 5.90. The van der Waals surface area contributed by atoms with Gasteiger partial charge in [-0.25, -0.2) is 4.98 Å². The molecule has 1 aliphatic heterocycles. The second kappa shape index (κ2) is 6.33. The van der Waals surface area contributed by atoms with Crippen LogP contribution in [0.3, 0.4) is 0 Å². The Labute approximate surface area is 111 Å². The van der Waals surface area contributed by atoms with Crippen molar-refractivity contribution >= 4 is 15.9 Å². The maximum atomic E-state index is 5.70. The number of halogens is 1. The third-order valence-electron chi connectivity index (χ3n) is 2.99. The fraction of sp³-hybridized carbons (Fsp3) is 0.583. The highest BCUT2D eigenvalue weighted by Gasteiger charge is 2.13. The van der Waals surface area contributed by atoms with Gasteiger partial charge in [-0.3, -0.25) is 4.90 Å². The Morgan fingerprint density at radius 3 is 2.82 bits per heavy atom. The molecule has 94 valence electrons. The molecular weight excluding hydrogens is 282 g/mol. The summed E-state index contributed by atoms with van der Waals surface area (Å²) in [6, 6.07) is 3.82. The first-order chi connectivity index (χ1) is 8.25. The molecule has 0 unspecified atom stereocenters. The summed E-state index contributed by atoms with van der Waals surface area (Å²) in [6.45, 7) is 6.26. The zero-order valence-corrected chi connectivity index (χ0v) is 11.7. The molecule has 0 N–H and O–H groups in total. The van der Waals surface area contributed by atoms with Gasteiger partial charge in [-0.1, -0.05) is 0 Å². The minimum absolute atomic E-state index is 0.716. The Bertz CT molecular complexity index is 353. The highest BCUT2D eigenvalue weighted by atomic mass is 79.9. The Morgan fingerprint density at radius 1 is 1.35 bits per heavy atom. The summed E-state index contributed by atoms with van der Waals surface area (Å²) in [4.78, 5) is 8.92. The smallest absolute Gasteiger partial charge is 0.152 e. The summed E-state index contributed by atoms with van der Waals surface area (Å²) in [5.74, 6) is 0.821. The van der Waals surface area contributed by atoms with Crippen molar-refractivity contribution in [3.8, 4) is 5.75 Å². The van der Waals surface area contributed by atoms with E-state index >= 15 is 0 Å². The first kappa shape index (κ1) is 12.8. The summed E-state index contributed by atoms with van der Waals surface area (Å²) < 4.78 is 6.48. The van der Waals surface area contributed by atoms with Crippen LogP contribution in [0, 0.1) is 0 Å². The molecule has 1 aromatic rings. The number of hydrogen-bond acceptors (Lipinski definition) is 4. The lowest BCUT2D eigenvalue weighted by molar-refractivity contribution is 0.133. The van der Waals surface area contributed by atoms with Gasteiger partial charge in [0.05, 0.1) is 0 Å². The molecule has 1 fully saturated rings. The summed E-state index contributed by atoms with van der Waals surface area (Å²) in [5.41, 5.74) is 0. The van der Waals surface area contributed by atoms with Crippen LogP contribution in [-0.4, -0.2) is 61.2 Å². The summed E-state index contributed by atoms with van der Waals surface area (Å²) in [7, 11) is 2.17. The van der Waals surface area contributed by atoms with E-state index in [4.69, 9.17) is 4.74 Å². The van der Waals surface area contributed by atoms with E-state index in [0.29, 0.717) is 6.61 Å². The van der Waals surface area contributed by atoms with Crippen molar-refractivity contribution < 1.29 is 4.74 Å². The van der Waals surface area contributed by atoms with Crippen molar-refractivity contribution in [2.45, 2.75) is 0 Å². The van der Waals surface area contributed by atoms with Crippen LogP contribution in [0.25, 0.3) is 0 Å². The van der Waals surface area contributed by atoms with E-state index in [0.717, 1.165) is 43.1 Å². The molecular formula is C12H18BrN3O. The Morgan fingerprint density at radius 2 is 2.12 bits per heavy atom. The van der Waals surface area contributed by atoms with Gasteiger partial charge in [0.2, 0.25) is 0 Å². The predicted molar refractivity (Wildman–Crippen MR) is 71.4 cm³/mol. The maximum Gasteiger partial charge on any atom is 0.152 e. The SMILES string of the molecule is CN1CCN(CCOc2cccnc2Br)CC1. The normalized spacial score (nSPS) is 18.2. The van der Waals surface area contributed by atoms with Crippen LogP contribution in [0.2, 0.25) is 0 Å². The monoisotopic (exact) mass is 299 g/mol. The zero-order valence-electron chi connectivity index (χ0n) is 10.1. The van der Waals surface area contributed by atoms with Crippen molar-refractivity contribution in [3.63, 3.8) is 0 Å². The number of piperazine rings is 1. The minimum Gasteiger partial charge on any atom is -0.489 e. The van der Waals surface area contributed by atoms with Crippen LogP contribution < -0.4 is 4.74 Å². The van der Waals surface area contributed by atoms with Gasteiger partial charge in [-0.05, 0) is 35.1 Å². The molecule has 0 saturated carbocycles. The zero-order chi connectivity index (χ0) is 12.1. The van der Waals surface area contributed by atoms with E-state index in [2.05, 4.69) is 37.8 Å². The van der Waals surface area contributed by atoms with Crippen molar-refractivity contribution in [2.24, 2.45) is 0 Å². The van der Waals surface area contributed by atoms with E-state index in [1.807, 2.05) is 12.1 Å². The lowest BCUT2D eigenvalue weighted by atomic mass is 10.3. The molecule has 0 spiro atoms. The van der Waals surface area contributed by atoms with E-state index in [1.54, 1.807) is 6.20 Å². The molecule has 1 aliphatic rings. The summed E-state index contributed by atoms with van der Waals surface area (Å²) in [5, 5.41) is 0. The molecule has 5 heteroatoms. The molecule has 2 rings (SSSR count). The van der Waals surface area contributed by atoms with Gasteiger partial charge in [-0.15, -0.1) is 0 Å². The number of likely N-dealkylation sites (N-methyl/N-ethyl adjacent to an activating group) is 1. The molecule has 0 aromatic carbocycles. The van der Waals surface area contributed by atoms with E-state index in [1.165, 1.54) is 0 Å². The average molecular weight is 300 g/mol. The predicted octanol–water partition coefficient (Wildman–Crippen LogP) is 1.47. The minimum atomic E-state index is 0.716. The quantitative estimate of drug-likeness (QED) is 0.787. The molecule has 2 heterocycles. The highest BCUT2D eigenvalue weighted by molar-refractivity contribution is 9.10. The van der Waals surface area contributed by atoms with Crippen LogP contribution >= 0.6 is 15.9 Å². The van der Waals surface area contributed by atoms with E-state index < -0.39 is 0 Å². The van der Waals surface area contributed by atoms with Gasteiger partial charge >= 0.3 is 0 Å². The van der Waals surface area contributed by atoms with Crippen LogP contribution in [0.1, 0.15) is 0 Å². The fourth-order valence-corrected chi connectivity index (χ4v) is 2.20. The molecule has 0 amide bonds. The Hall–Kier alpha value is -0.650. The van der Waals surface area contributed by atoms with Crippen molar-refractivity contribution in [2.75, 3.05) is 46.4 Å². The fourth-order valence-electron chi connectivity index (χ4n) is 1.84. The molecule has 0 atom stereocenters. The maximum absolute atomic E-state index is 5.70. The molecule has 4 nitrogen and oxygen atoms in total. The number of rotatable bonds is 4. The third kappa shape index (κ3) is 3.94. The van der Waals surface area contributed by atoms with Crippen molar-refractivity contribution in [1.29, 1.82) is 0 Å². The molecule has 17 heavy (non-hydrogen) atoms. The van der Waals surface area contributed by atoms with Crippen LogP contribution in [0.4, 0.5) is 0 Å². The van der Waals surface area contributed by atoms with Crippen molar-refractivity contribution in [3.05, 3.63) is 22.9 Å². The first-order valence-corrected chi connectivity index (χ1v) is 6.69.